The summed E-state index contributed by atoms with van der Waals surface area (Å²) in [4.78, 5) is 24.4. The Morgan fingerprint density at radius 3 is 2.63 bits per heavy atom. The van der Waals surface area contributed by atoms with Crippen molar-refractivity contribution in [3.8, 4) is 11.4 Å². The van der Waals surface area contributed by atoms with Crippen LogP contribution in [0.15, 0.2) is 66.3 Å². The zero-order chi connectivity index (χ0) is 21.5. The molecule has 0 aliphatic rings. The Morgan fingerprint density at radius 2 is 1.90 bits per heavy atom. The monoisotopic (exact) mass is 422 g/mol. The second-order valence-corrected chi connectivity index (χ2v) is 7.34. The van der Waals surface area contributed by atoms with Crippen molar-refractivity contribution in [3.05, 3.63) is 72.3 Å². The summed E-state index contributed by atoms with van der Waals surface area (Å²) in [5.41, 5.74) is 2.78. The largest absolute Gasteiger partial charge is 0.465 e. The van der Waals surface area contributed by atoms with Crippen LogP contribution in [0.4, 0.5) is 5.69 Å². The van der Waals surface area contributed by atoms with Crippen LogP contribution in [0.2, 0.25) is 0 Å². The first-order valence-corrected chi connectivity index (χ1v) is 10.2. The number of hydrogen-bond donors (Lipinski definition) is 1. The lowest BCUT2D eigenvalue weighted by Crippen LogP contribution is -2.17. The number of carbonyl (C=O) groups is 2. The number of thioether (sulfide) groups is 1. The molecule has 0 spiro atoms. The number of benzene rings is 2. The fourth-order valence-electron chi connectivity index (χ4n) is 2.91. The van der Waals surface area contributed by atoms with Gasteiger partial charge in [0.25, 0.3) is 0 Å². The number of nitrogens with zero attached hydrogens (tertiary/aromatic N) is 3. The van der Waals surface area contributed by atoms with Crippen LogP contribution >= 0.6 is 11.8 Å². The highest BCUT2D eigenvalue weighted by Crippen LogP contribution is 2.26. The Balaban J connectivity index is 1.75. The average Bonchev–Trinajstić information content (AvgIpc) is 3.15. The smallest absolute Gasteiger partial charge is 0.339 e. The van der Waals surface area contributed by atoms with Crippen LogP contribution in [0.25, 0.3) is 11.4 Å². The number of ether oxygens (including phenoxy) is 1. The quantitative estimate of drug-likeness (QED) is 0.336. The number of carbonyl (C=O) groups excluding carboxylic acids is 2. The average molecular weight is 423 g/mol. The Labute approximate surface area is 179 Å². The molecule has 7 nitrogen and oxygen atoms in total. The highest BCUT2D eigenvalue weighted by Gasteiger charge is 2.17. The number of aromatic nitrogens is 3. The third kappa shape index (κ3) is 4.77. The number of rotatable bonds is 8. The van der Waals surface area contributed by atoms with Crippen molar-refractivity contribution >= 4 is 29.3 Å². The Morgan fingerprint density at radius 1 is 1.17 bits per heavy atom. The molecule has 154 valence electrons. The molecule has 0 bridgehead atoms. The van der Waals surface area contributed by atoms with E-state index in [-0.39, 0.29) is 11.7 Å². The van der Waals surface area contributed by atoms with Gasteiger partial charge in [0.2, 0.25) is 5.91 Å². The zero-order valence-electron chi connectivity index (χ0n) is 16.8. The SMILES string of the molecule is C=CCn1c(SCC(=O)Nc2ccccc2C(=O)OC)nnc1-c1ccccc1C. The number of esters is 1. The van der Waals surface area contributed by atoms with Gasteiger partial charge in [-0.2, -0.15) is 0 Å². The van der Waals surface area contributed by atoms with E-state index in [1.54, 1.807) is 30.3 Å². The molecule has 2 aromatic carbocycles. The van der Waals surface area contributed by atoms with E-state index in [1.807, 2.05) is 35.8 Å². The molecule has 3 rings (SSSR count). The van der Waals surface area contributed by atoms with Gasteiger partial charge in [-0.1, -0.05) is 54.2 Å². The summed E-state index contributed by atoms with van der Waals surface area (Å²) < 4.78 is 6.68. The van der Waals surface area contributed by atoms with Crippen LogP contribution in [-0.2, 0) is 16.1 Å². The molecular weight excluding hydrogens is 400 g/mol. The van der Waals surface area contributed by atoms with Gasteiger partial charge >= 0.3 is 5.97 Å². The predicted octanol–water partition coefficient (Wildman–Crippen LogP) is 3.96. The lowest BCUT2D eigenvalue weighted by Gasteiger charge is -2.11. The molecule has 0 fully saturated rings. The molecule has 0 saturated heterocycles. The Hall–Kier alpha value is -3.39. The molecule has 30 heavy (non-hydrogen) atoms. The lowest BCUT2D eigenvalue weighted by atomic mass is 10.1. The van der Waals surface area contributed by atoms with Crippen molar-refractivity contribution in [2.75, 3.05) is 18.2 Å². The number of aryl methyl sites for hydroxylation is 1. The number of amides is 1. The maximum absolute atomic E-state index is 12.5. The third-order valence-electron chi connectivity index (χ3n) is 4.35. The summed E-state index contributed by atoms with van der Waals surface area (Å²) in [7, 11) is 1.30. The van der Waals surface area contributed by atoms with Gasteiger partial charge in [0, 0.05) is 12.1 Å². The third-order valence-corrected chi connectivity index (χ3v) is 5.32. The fraction of sp³-hybridized carbons (Fsp3) is 0.182. The summed E-state index contributed by atoms with van der Waals surface area (Å²) in [6.07, 6.45) is 1.77. The van der Waals surface area contributed by atoms with Gasteiger partial charge in [0.15, 0.2) is 11.0 Å². The maximum Gasteiger partial charge on any atom is 0.339 e. The van der Waals surface area contributed by atoms with Crippen molar-refractivity contribution in [1.82, 2.24) is 14.8 Å². The minimum atomic E-state index is -0.507. The van der Waals surface area contributed by atoms with Gasteiger partial charge in [-0.05, 0) is 24.6 Å². The van der Waals surface area contributed by atoms with Crippen LogP contribution in [0, 0.1) is 6.92 Å². The molecule has 3 aromatic rings. The summed E-state index contributed by atoms with van der Waals surface area (Å²) in [5, 5.41) is 12.0. The molecule has 0 aliphatic carbocycles. The van der Waals surface area contributed by atoms with Gasteiger partial charge in [0.1, 0.15) is 0 Å². The van der Waals surface area contributed by atoms with E-state index in [9.17, 15) is 9.59 Å². The van der Waals surface area contributed by atoms with Crippen LogP contribution in [0.5, 0.6) is 0 Å². The van der Waals surface area contributed by atoms with E-state index in [2.05, 4.69) is 22.1 Å². The number of hydrogen-bond acceptors (Lipinski definition) is 6. The fourth-order valence-corrected chi connectivity index (χ4v) is 3.66. The number of methoxy groups -OCH3 is 1. The standard InChI is InChI=1S/C22H22N4O3S/c1-4-13-26-20(16-10-6-5-9-15(16)2)24-25-22(26)30-14-19(27)23-18-12-8-7-11-17(18)21(28)29-3/h4-12H,1,13-14H2,2-3H3,(H,23,27). The molecule has 0 unspecified atom stereocenters. The topological polar surface area (TPSA) is 86.1 Å². The number of anilines is 1. The van der Waals surface area contributed by atoms with E-state index >= 15 is 0 Å². The molecule has 1 amide bonds. The first-order chi connectivity index (χ1) is 14.5. The first-order valence-electron chi connectivity index (χ1n) is 9.25. The molecular formula is C22H22N4O3S. The first kappa shape index (κ1) is 21.3. The Bertz CT molecular complexity index is 1080. The van der Waals surface area contributed by atoms with Crippen molar-refractivity contribution < 1.29 is 14.3 Å². The molecule has 8 heteroatoms. The number of nitrogens with one attached hydrogen (secondary N) is 1. The van der Waals surface area contributed by atoms with E-state index in [0.717, 1.165) is 17.0 Å². The summed E-state index contributed by atoms with van der Waals surface area (Å²) in [5.74, 6) is 0.0690. The van der Waals surface area contributed by atoms with Gasteiger partial charge in [-0.25, -0.2) is 4.79 Å². The van der Waals surface area contributed by atoms with Gasteiger partial charge in [-0.15, -0.1) is 16.8 Å². The van der Waals surface area contributed by atoms with Crippen LogP contribution in [-0.4, -0.2) is 39.5 Å². The molecule has 0 saturated carbocycles. The highest BCUT2D eigenvalue weighted by molar-refractivity contribution is 7.99. The molecule has 0 atom stereocenters. The van der Waals surface area contributed by atoms with E-state index in [0.29, 0.717) is 23.0 Å². The molecule has 1 N–H and O–H groups in total. The molecule has 1 aromatic heterocycles. The van der Waals surface area contributed by atoms with E-state index in [4.69, 9.17) is 4.74 Å². The summed E-state index contributed by atoms with van der Waals surface area (Å²) in [6, 6.07) is 14.6. The van der Waals surface area contributed by atoms with E-state index in [1.165, 1.54) is 18.9 Å². The van der Waals surface area contributed by atoms with Gasteiger partial charge in [0.05, 0.1) is 24.1 Å². The van der Waals surface area contributed by atoms with Crippen LogP contribution in [0.1, 0.15) is 15.9 Å². The lowest BCUT2D eigenvalue weighted by molar-refractivity contribution is -0.113. The second kappa shape index (κ2) is 9.89. The summed E-state index contributed by atoms with van der Waals surface area (Å²) in [6.45, 7) is 6.35. The van der Waals surface area contributed by atoms with Crippen molar-refractivity contribution in [3.63, 3.8) is 0 Å². The minimum absolute atomic E-state index is 0.110. The van der Waals surface area contributed by atoms with Gasteiger partial charge in [-0.3, -0.25) is 9.36 Å². The zero-order valence-corrected chi connectivity index (χ0v) is 17.6. The highest BCUT2D eigenvalue weighted by atomic mass is 32.2. The molecule has 0 aliphatic heterocycles. The molecule has 1 heterocycles. The Kier molecular flexibility index (Phi) is 7.03. The van der Waals surface area contributed by atoms with Gasteiger partial charge < -0.3 is 10.1 Å². The van der Waals surface area contributed by atoms with Crippen molar-refractivity contribution in [2.24, 2.45) is 0 Å². The second-order valence-electron chi connectivity index (χ2n) is 6.39. The van der Waals surface area contributed by atoms with Crippen molar-refractivity contribution in [2.45, 2.75) is 18.6 Å². The number of allylic oxidation sites excluding steroid dienone is 1. The maximum atomic E-state index is 12.5. The minimum Gasteiger partial charge on any atom is -0.465 e. The van der Waals surface area contributed by atoms with Crippen LogP contribution < -0.4 is 5.32 Å². The molecule has 0 radical (unpaired) electrons. The number of para-hydroxylation sites is 1. The summed E-state index contributed by atoms with van der Waals surface area (Å²) >= 11 is 1.27. The van der Waals surface area contributed by atoms with E-state index < -0.39 is 5.97 Å². The normalized spacial score (nSPS) is 10.5. The predicted molar refractivity (Wildman–Crippen MR) is 118 cm³/mol. The van der Waals surface area contributed by atoms with Crippen LogP contribution in [0.3, 0.4) is 0 Å². The van der Waals surface area contributed by atoms with Crippen molar-refractivity contribution in [1.29, 1.82) is 0 Å².